The summed E-state index contributed by atoms with van der Waals surface area (Å²) >= 11 is 3.42. The molecule has 1 aromatic heterocycles. The largest absolute Gasteiger partial charge is 0.451 e. The highest BCUT2D eigenvalue weighted by Gasteiger charge is 2.17. The number of amides is 1. The molecule has 0 spiro atoms. The van der Waals surface area contributed by atoms with Crippen LogP contribution in [0.4, 0.5) is 0 Å². The van der Waals surface area contributed by atoms with E-state index < -0.39 is 0 Å². The Morgan fingerprint density at radius 2 is 2.17 bits per heavy atom. The molecule has 1 N–H and O–H groups in total. The van der Waals surface area contributed by atoms with Crippen LogP contribution in [-0.4, -0.2) is 12.5 Å². The van der Waals surface area contributed by atoms with Gasteiger partial charge in [0.15, 0.2) is 5.76 Å². The first-order valence-electron chi connectivity index (χ1n) is 5.96. The molecule has 0 aliphatic heterocycles. The van der Waals surface area contributed by atoms with Gasteiger partial charge in [0.1, 0.15) is 5.58 Å². The maximum atomic E-state index is 12.0. The summed E-state index contributed by atoms with van der Waals surface area (Å²) in [5.74, 6) is 0.685. The third-order valence-electron chi connectivity index (χ3n) is 2.78. The number of furan rings is 1. The van der Waals surface area contributed by atoms with Gasteiger partial charge in [-0.25, -0.2) is 0 Å². The molecule has 1 aromatic carbocycles. The quantitative estimate of drug-likeness (QED) is 0.934. The van der Waals surface area contributed by atoms with Crippen molar-refractivity contribution in [2.24, 2.45) is 5.92 Å². The van der Waals surface area contributed by atoms with Crippen LogP contribution in [0.25, 0.3) is 11.0 Å². The van der Waals surface area contributed by atoms with Crippen LogP contribution in [0.5, 0.6) is 0 Å². The maximum absolute atomic E-state index is 12.0. The zero-order valence-corrected chi connectivity index (χ0v) is 12.3. The molecule has 0 fully saturated rings. The van der Waals surface area contributed by atoms with Crippen LogP contribution in [0.15, 0.2) is 27.1 Å². The molecular weight excluding hydrogens is 294 g/mol. The number of carbonyl (C=O) groups excluding carboxylic acids is 1. The highest BCUT2D eigenvalue weighted by Crippen LogP contribution is 2.27. The van der Waals surface area contributed by atoms with Crippen molar-refractivity contribution >= 4 is 32.8 Å². The molecule has 4 heteroatoms. The molecule has 0 unspecified atom stereocenters. The molecule has 18 heavy (non-hydrogen) atoms. The maximum Gasteiger partial charge on any atom is 0.287 e. The van der Waals surface area contributed by atoms with Crippen molar-refractivity contribution in [3.63, 3.8) is 0 Å². The lowest BCUT2D eigenvalue weighted by Crippen LogP contribution is -2.27. The van der Waals surface area contributed by atoms with Crippen LogP contribution in [-0.2, 0) is 0 Å². The first kappa shape index (κ1) is 13.1. The van der Waals surface area contributed by atoms with Crippen molar-refractivity contribution in [1.82, 2.24) is 5.32 Å². The normalized spacial score (nSPS) is 11.2. The highest BCUT2D eigenvalue weighted by atomic mass is 79.9. The van der Waals surface area contributed by atoms with Crippen molar-refractivity contribution < 1.29 is 9.21 Å². The second kappa shape index (κ2) is 5.14. The van der Waals surface area contributed by atoms with Crippen LogP contribution >= 0.6 is 15.9 Å². The number of fused-ring (bicyclic) bond motifs is 1. The van der Waals surface area contributed by atoms with Gasteiger partial charge in [0.05, 0.1) is 0 Å². The van der Waals surface area contributed by atoms with Gasteiger partial charge in [-0.2, -0.15) is 0 Å². The summed E-state index contributed by atoms with van der Waals surface area (Å²) in [6, 6.07) is 5.74. The molecule has 2 rings (SSSR count). The zero-order valence-electron chi connectivity index (χ0n) is 10.7. The number of aryl methyl sites for hydroxylation is 1. The fourth-order valence-corrected chi connectivity index (χ4v) is 2.15. The van der Waals surface area contributed by atoms with Gasteiger partial charge < -0.3 is 9.73 Å². The minimum atomic E-state index is -0.145. The van der Waals surface area contributed by atoms with Crippen LogP contribution in [0, 0.1) is 12.8 Å². The molecule has 0 atom stereocenters. The summed E-state index contributed by atoms with van der Waals surface area (Å²) in [4.78, 5) is 12.0. The fraction of sp³-hybridized carbons (Fsp3) is 0.357. The molecule has 0 saturated carbocycles. The Balaban J connectivity index is 2.34. The molecule has 0 saturated heterocycles. The molecule has 0 aliphatic rings. The van der Waals surface area contributed by atoms with E-state index in [4.69, 9.17) is 4.42 Å². The highest BCUT2D eigenvalue weighted by molar-refractivity contribution is 9.10. The Kier molecular flexibility index (Phi) is 3.76. The average Bonchev–Trinajstić information content (AvgIpc) is 2.64. The van der Waals surface area contributed by atoms with Crippen molar-refractivity contribution in [1.29, 1.82) is 0 Å². The van der Waals surface area contributed by atoms with Gasteiger partial charge >= 0.3 is 0 Å². The molecule has 3 nitrogen and oxygen atoms in total. The van der Waals surface area contributed by atoms with Crippen LogP contribution in [0.3, 0.4) is 0 Å². The lowest BCUT2D eigenvalue weighted by atomic mass is 10.1. The summed E-state index contributed by atoms with van der Waals surface area (Å²) in [5.41, 5.74) is 1.62. The van der Waals surface area contributed by atoms with E-state index in [1.54, 1.807) is 0 Å². The van der Waals surface area contributed by atoms with Crippen LogP contribution in [0.2, 0.25) is 0 Å². The average molecular weight is 310 g/mol. The molecule has 2 aromatic rings. The van der Waals surface area contributed by atoms with E-state index in [0.29, 0.717) is 18.2 Å². The predicted octanol–water partition coefficient (Wildman–Crippen LogP) is 3.89. The lowest BCUT2D eigenvalue weighted by Gasteiger charge is -2.05. The number of carbonyl (C=O) groups is 1. The first-order chi connectivity index (χ1) is 8.49. The van der Waals surface area contributed by atoms with Gasteiger partial charge in [0.25, 0.3) is 5.91 Å². The standard InChI is InChI=1S/C14H16BrNO2/c1-8(2)7-16-14(17)13-9(3)11-6-10(15)4-5-12(11)18-13/h4-6,8H,7H2,1-3H3,(H,16,17). The second-order valence-corrected chi connectivity index (χ2v) is 5.72. The number of benzene rings is 1. The molecule has 1 amide bonds. The molecule has 96 valence electrons. The predicted molar refractivity (Wildman–Crippen MR) is 75.8 cm³/mol. The van der Waals surface area contributed by atoms with E-state index in [2.05, 4.69) is 35.1 Å². The fourth-order valence-electron chi connectivity index (χ4n) is 1.79. The number of rotatable bonds is 3. The van der Waals surface area contributed by atoms with Gasteiger partial charge in [0, 0.05) is 22.0 Å². The number of halogens is 1. The molecule has 0 bridgehead atoms. The van der Waals surface area contributed by atoms with E-state index in [1.807, 2.05) is 25.1 Å². The monoisotopic (exact) mass is 309 g/mol. The van der Waals surface area contributed by atoms with Gasteiger partial charge in [0.2, 0.25) is 0 Å². The van der Waals surface area contributed by atoms with Gasteiger partial charge in [-0.15, -0.1) is 0 Å². The van der Waals surface area contributed by atoms with Gasteiger partial charge in [-0.1, -0.05) is 29.8 Å². The van der Waals surface area contributed by atoms with Crippen LogP contribution in [0.1, 0.15) is 30.0 Å². The molecule has 1 heterocycles. The van der Waals surface area contributed by atoms with Crippen LogP contribution < -0.4 is 5.32 Å². The lowest BCUT2D eigenvalue weighted by molar-refractivity contribution is 0.0922. The third kappa shape index (κ3) is 2.58. The minimum absolute atomic E-state index is 0.145. The molecule has 0 radical (unpaired) electrons. The molecule has 0 aliphatic carbocycles. The first-order valence-corrected chi connectivity index (χ1v) is 6.75. The van der Waals surface area contributed by atoms with Gasteiger partial charge in [-0.3, -0.25) is 4.79 Å². The minimum Gasteiger partial charge on any atom is -0.451 e. The summed E-state index contributed by atoms with van der Waals surface area (Å²) in [5, 5.41) is 3.84. The Labute approximate surface area is 115 Å². The third-order valence-corrected chi connectivity index (χ3v) is 3.27. The SMILES string of the molecule is Cc1c(C(=O)NCC(C)C)oc2ccc(Br)cc12. The number of nitrogens with one attached hydrogen (secondary N) is 1. The Bertz CT molecular complexity index is 587. The zero-order chi connectivity index (χ0) is 13.3. The Morgan fingerprint density at radius 1 is 1.44 bits per heavy atom. The van der Waals surface area contributed by atoms with Crippen molar-refractivity contribution in [2.75, 3.05) is 6.54 Å². The van der Waals surface area contributed by atoms with E-state index in [1.165, 1.54) is 0 Å². The Hall–Kier alpha value is -1.29. The number of hydrogen-bond acceptors (Lipinski definition) is 2. The van der Waals surface area contributed by atoms with E-state index in [-0.39, 0.29) is 5.91 Å². The smallest absolute Gasteiger partial charge is 0.287 e. The topological polar surface area (TPSA) is 42.2 Å². The summed E-state index contributed by atoms with van der Waals surface area (Å²) < 4.78 is 6.59. The van der Waals surface area contributed by atoms with E-state index in [9.17, 15) is 4.79 Å². The number of hydrogen-bond donors (Lipinski definition) is 1. The second-order valence-electron chi connectivity index (χ2n) is 4.80. The Morgan fingerprint density at radius 3 is 2.83 bits per heavy atom. The summed E-state index contributed by atoms with van der Waals surface area (Å²) in [6.45, 7) is 6.67. The van der Waals surface area contributed by atoms with Gasteiger partial charge in [-0.05, 0) is 31.0 Å². The van der Waals surface area contributed by atoms with Crippen molar-refractivity contribution in [3.05, 3.63) is 34.0 Å². The van der Waals surface area contributed by atoms with E-state index in [0.717, 1.165) is 21.0 Å². The van der Waals surface area contributed by atoms with Crippen molar-refractivity contribution in [3.8, 4) is 0 Å². The summed E-state index contributed by atoms with van der Waals surface area (Å²) in [7, 11) is 0. The van der Waals surface area contributed by atoms with Crippen molar-refractivity contribution in [2.45, 2.75) is 20.8 Å². The molecular formula is C14H16BrNO2. The van der Waals surface area contributed by atoms with E-state index >= 15 is 0 Å². The summed E-state index contributed by atoms with van der Waals surface area (Å²) in [6.07, 6.45) is 0.